The average Bonchev–Trinajstić information content (AvgIpc) is 3.87. The molecule has 80 heavy (non-hydrogen) atoms. The summed E-state index contributed by atoms with van der Waals surface area (Å²) >= 11 is 0. The maximum absolute atomic E-state index is 13.5. The van der Waals surface area contributed by atoms with Crippen LogP contribution < -0.4 is 0 Å². The average molecular weight is 1140 g/mol. The van der Waals surface area contributed by atoms with E-state index in [-0.39, 0.29) is 31.1 Å². The minimum Gasteiger partial charge on any atom is -0.463 e. The van der Waals surface area contributed by atoms with Crippen molar-refractivity contribution >= 4 is 47.8 Å². The number of allylic oxidation sites excluding steroid dienone is 2. The molecular formula is C58H88O22. The highest BCUT2D eigenvalue weighted by Gasteiger charge is 2.76. The zero-order chi connectivity index (χ0) is 59.8. The number of hydrogen-bond acceptors (Lipinski definition) is 22. The van der Waals surface area contributed by atoms with E-state index >= 15 is 0 Å². The number of fused-ring (bicyclic) bond motifs is 5. The van der Waals surface area contributed by atoms with Gasteiger partial charge in [0.25, 0.3) is 0 Å². The standard InChI is InChI=1S/C58H88O22/c1-29(2)18-17-21-57(16,67)58(68)25-24-56(15)50(58)38(77-51-48(75-36(9)65)46(73-34(7)63)44(71-32(5)61)39(78-51)27-69-30(3)59)26-42-54(13)22-20-43(53(11,12)41(54)19-23-55(42,56)14)80-52-49(76-37(10)66)47(74-35(8)64)45(72-33(6)62)40(79-52)28-70-31(4)60/h18,38-52,67-68H,17,19-28H2,1-16H3/t38-,39-,40-,41+,42-,43-,44-,45-,46+,47+,48-,49-,50+,51-,52+,54+,55-,56-,57+,58-/m1/s1. The lowest BCUT2D eigenvalue weighted by molar-refractivity contribution is -0.350. The molecule has 2 heterocycles. The van der Waals surface area contributed by atoms with Gasteiger partial charge >= 0.3 is 47.8 Å². The topological polar surface area (TPSA) is 288 Å². The van der Waals surface area contributed by atoms with Gasteiger partial charge in [-0.05, 0) is 112 Å². The van der Waals surface area contributed by atoms with Crippen LogP contribution in [0.4, 0.5) is 0 Å². The summed E-state index contributed by atoms with van der Waals surface area (Å²) in [6.07, 6.45) is -9.83. The van der Waals surface area contributed by atoms with E-state index < -0.39 is 173 Å². The Morgan fingerprint density at radius 3 is 1.41 bits per heavy atom. The van der Waals surface area contributed by atoms with Gasteiger partial charge in [-0.1, -0.05) is 46.3 Å². The number of rotatable bonds is 18. The molecule has 2 aliphatic heterocycles. The molecule has 0 aromatic carbocycles. The number of carbonyl (C=O) groups excluding carboxylic acids is 8. The Kier molecular flexibility index (Phi) is 19.8. The van der Waals surface area contributed by atoms with Crippen molar-refractivity contribution in [3.63, 3.8) is 0 Å². The number of carbonyl (C=O) groups is 8. The third-order valence-corrected chi connectivity index (χ3v) is 19.0. The monoisotopic (exact) mass is 1140 g/mol. The Morgan fingerprint density at radius 1 is 0.537 bits per heavy atom. The van der Waals surface area contributed by atoms with Gasteiger partial charge in [0.05, 0.1) is 23.4 Å². The maximum atomic E-state index is 13.5. The number of esters is 8. The summed E-state index contributed by atoms with van der Waals surface area (Å²) in [6, 6.07) is 0. The molecule has 6 rings (SSSR count). The van der Waals surface area contributed by atoms with Gasteiger partial charge in [0, 0.05) is 61.3 Å². The highest BCUT2D eigenvalue weighted by atomic mass is 16.8. The molecule has 6 aliphatic rings. The third-order valence-electron chi connectivity index (χ3n) is 19.0. The SMILES string of the molecule is CC(=O)OC[C@H]1O[C@@H](O[C@@H]2C[C@@H]3[C@@]4(C)CC[C@@H](O[C@@H]5O[C@H](COC(C)=O)[C@@H](OC(C)=O)[C@H](OC(C)=O)[C@H]5OC(C)=O)C(C)(C)[C@@H]4CC[C@@]3(C)[C@]3(C)CC[C@](O)([C@@](C)(O)CCC=C(C)C)[C@@H]23)[C@H](OC(C)=O)[C@@H](OC(C)=O)[C@@H]1OC(C)=O. The molecule has 0 amide bonds. The lowest BCUT2D eigenvalue weighted by Gasteiger charge is -2.71. The van der Waals surface area contributed by atoms with Crippen LogP contribution in [0.15, 0.2) is 11.6 Å². The van der Waals surface area contributed by atoms with Gasteiger partial charge in [-0.2, -0.15) is 0 Å². The maximum Gasteiger partial charge on any atom is 0.303 e. The molecule has 0 radical (unpaired) electrons. The third kappa shape index (κ3) is 13.0. The molecule has 452 valence electrons. The predicted octanol–water partition coefficient (Wildman–Crippen LogP) is 5.83. The lowest BCUT2D eigenvalue weighted by atomic mass is 9.35. The summed E-state index contributed by atoms with van der Waals surface area (Å²) in [6.45, 7) is 24.8. The van der Waals surface area contributed by atoms with E-state index in [0.717, 1.165) is 40.2 Å². The molecule has 4 saturated carbocycles. The van der Waals surface area contributed by atoms with Crippen LogP contribution in [0.5, 0.6) is 0 Å². The Labute approximate surface area is 469 Å². The van der Waals surface area contributed by atoms with E-state index in [2.05, 4.69) is 34.6 Å². The van der Waals surface area contributed by atoms with Crippen LogP contribution in [0.25, 0.3) is 0 Å². The van der Waals surface area contributed by atoms with Crippen molar-refractivity contribution in [3.05, 3.63) is 11.6 Å². The molecule has 22 heteroatoms. The van der Waals surface area contributed by atoms with Crippen molar-refractivity contribution in [2.45, 2.75) is 253 Å². The molecule has 0 aromatic heterocycles. The lowest BCUT2D eigenvalue weighted by Crippen LogP contribution is -2.71. The van der Waals surface area contributed by atoms with Crippen LogP contribution >= 0.6 is 0 Å². The molecule has 0 unspecified atom stereocenters. The molecule has 0 bridgehead atoms. The van der Waals surface area contributed by atoms with E-state index in [4.69, 9.17) is 56.8 Å². The first-order valence-electron chi connectivity index (χ1n) is 28.0. The van der Waals surface area contributed by atoms with E-state index in [1.807, 2.05) is 19.9 Å². The molecule has 6 fully saturated rings. The zero-order valence-electron chi connectivity index (χ0n) is 49.6. The Hall–Kier alpha value is -4.74. The van der Waals surface area contributed by atoms with Crippen LogP contribution in [-0.4, -0.2) is 156 Å². The van der Waals surface area contributed by atoms with Crippen LogP contribution in [0.3, 0.4) is 0 Å². The predicted molar refractivity (Wildman–Crippen MR) is 279 cm³/mol. The molecule has 2 saturated heterocycles. The quantitative estimate of drug-likeness (QED) is 0.0706. The number of ether oxygens (including phenoxy) is 12. The summed E-state index contributed by atoms with van der Waals surface area (Å²) in [5.74, 6) is -7.13. The highest BCUT2D eigenvalue weighted by molar-refractivity contribution is 5.70. The van der Waals surface area contributed by atoms with E-state index in [9.17, 15) is 48.6 Å². The van der Waals surface area contributed by atoms with Gasteiger partial charge in [0.15, 0.2) is 49.2 Å². The first kappa shape index (κ1) is 64.4. The fourth-order valence-corrected chi connectivity index (χ4v) is 15.5. The highest BCUT2D eigenvalue weighted by Crippen LogP contribution is 2.77. The normalized spacial score (nSPS) is 39.6. The second-order valence-electron chi connectivity index (χ2n) is 25.0. The van der Waals surface area contributed by atoms with Crippen LogP contribution in [-0.2, 0) is 95.2 Å². The Morgan fingerprint density at radius 2 is 0.975 bits per heavy atom. The Balaban J connectivity index is 1.45. The van der Waals surface area contributed by atoms with E-state index in [1.54, 1.807) is 6.92 Å². The molecular weight excluding hydrogens is 1050 g/mol. The van der Waals surface area contributed by atoms with Gasteiger partial charge in [0.2, 0.25) is 0 Å². The smallest absolute Gasteiger partial charge is 0.303 e. The summed E-state index contributed by atoms with van der Waals surface area (Å²) in [7, 11) is 0. The second kappa shape index (κ2) is 24.6. The van der Waals surface area contributed by atoms with Crippen molar-refractivity contribution in [2.24, 2.45) is 39.4 Å². The van der Waals surface area contributed by atoms with E-state index in [1.165, 1.54) is 20.8 Å². The first-order valence-corrected chi connectivity index (χ1v) is 28.0. The number of hydrogen-bond donors (Lipinski definition) is 2. The van der Waals surface area contributed by atoms with Crippen molar-refractivity contribution < 1.29 is 105 Å². The minimum atomic E-state index is -1.76. The molecule has 0 spiro atoms. The van der Waals surface area contributed by atoms with Crippen LogP contribution in [0, 0.1) is 39.4 Å². The van der Waals surface area contributed by atoms with Crippen molar-refractivity contribution in [1.82, 2.24) is 0 Å². The largest absolute Gasteiger partial charge is 0.463 e. The summed E-state index contributed by atoms with van der Waals surface area (Å²) < 4.78 is 72.6. The second-order valence-corrected chi connectivity index (χ2v) is 25.0. The van der Waals surface area contributed by atoms with Crippen LogP contribution in [0.1, 0.15) is 169 Å². The Bertz CT molecular complexity index is 2360. The van der Waals surface area contributed by atoms with E-state index in [0.29, 0.717) is 38.5 Å². The summed E-state index contributed by atoms with van der Waals surface area (Å²) in [4.78, 5) is 101. The molecule has 0 aromatic rings. The molecule has 4 aliphatic carbocycles. The fourth-order valence-electron chi connectivity index (χ4n) is 15.5. The van der Waals surface area contributed by atoms with Gasteiger partial charge in [-0.25, -0.2) is 0 Å². The van der Waals surface area contributed by atoms with Crippen LogP contribution in [0.2, 0.25) is 0 Å². The molecule has 22 nitrogen and oxygen atoms in total. The van der Waals surface area contributed by atoms with Crippen molar-refractivity contribution in [2.75, 3.05) is 13.2 Å². The van der Waals surface area contributed by atoms with Gasteiger partial charge < -0.3 is 67.1 Å². The van der Waals surface area contributed by atoms with Crippen molar-refractivity contribution in [3.8, 4) is 0 Å². The summed E-state index contributed by atoms with van der Waals surface area (Å²) in [5.41, 5.74) is -4.86. The van der Waals surface area contributed by atoms with Gasteiger partial charge in [-0.15, -0.1) is 0 Å². The van der Waals surface area contributed by atoms with Crippen molar-refractivity contribution in [1.29, 1.82) is 0 Å². The zero-order valence-corrected chi connectivity index (χ0v) is 49.6. The van der Waals surface area contributed by atoms with Gasteiger partial charge in [-0.3, -0.25) is 38.4 Å². The number of aliphatic hydroxyl groups is 2. The van der Waals surface area contributed by atoms with Gasteiger partial charge in [0.1, 0.15) is 25.4 Å². The first-order chi connectivity index (χ1) is 37.0. The fraction of sp³-hybridized carbons (Fsp3) is 0.828. The molecule has 20 atom stereocenters. The molecule has 2 N–H and O–H groups in total. The minimum absolute atomic E-state index is 0.101. The summed E-state index contributed by atoms with van der Waals surface area (Å²) in [5, 5.41) is 26.3.